The summed E-state index contributed by atoms with van der Waals surface area (Å²) in [6.07, 6.45) is 1.54. The Morgan fingerprint density at radius 1 is 1.67 bits per heavy atom. The molecular formula is C11H22N2O2. The minimum atomic E-state index is 0.192. The van der Waals surface area contributed by atoms with Crippen LogP contribution in [0.5, 0.6) is 0 Å². The Balaban J connectivity index is 2.33. The van der Waals surface area contributed by atoms with E-state index in [0.717, 1.165) is 19.6 Å². The lowest BCUT2D eigenvalue weighted by Gasteiger charge is -2.28. The molecule has 15 heavy (non-hydrogen) atoms. The number of morpholine rings is 1. The molecule has 0 spiro atoms. The van der Waals surface area contributed by atoms with Gasteiger partial charge in [0.2, 0.25) is 5.91 Å². The topological polar surface area (TPSA) is 41.6 Å². The van der Waals surface area contributed by atoms with Gasteiger partial charge in [-0.05, 0) is 13.3 Å². The van der Waals surface area contributed by atoms with Gasteiger partial charge in [0.1, 0.15) is 0 Å². The van der Waals surface area contributed by atoms with Crippen LogP contribution in [0.25, 0.3) is 0 Å². The first-order valence-electron chi connectivity index (χ1n) is 5.72. The second kappa shape index (κ2) is 6.08. The average Bonchev–Trinajstić information content (AvgIpc) is 2.28. The van der Waals surface area contributed by atoms with E-state index in [0.29, 0.717) is 19.1 Å². The molecule has 0 saturated carbocycles. The zero-order chi connectivity index (χ0) is 11.3. The van der Waals surface area contributed by atoms with Crippen molar-refractivity contribution >= 4 is 5.91 Å². The maximum Gasteiger partial charge on any atom is 0.224 e. The van der Waals surface area contributed by atoms with Crippen LogP contribution in [0.4, 0.5) is 0 Å². The fourth-order valence-electron chi connectivity index (χ4n) is 1.63. The predicted molar refractivity (Wildman–Crippen MR) is 59.7 cm³/mol. The summed E-state index contributed by atoms with van der Waals surface area (Å²) in [6.45, 7) is 6.43. The molecule has 1 aliphatic heterocycles. The van der Waals surface area contributed by atoms with Crippen LogP contribution in [0.3, 0.4) is 0 Å². The molecule has 0 aliphatic carbocycles. The maximum absolute atomic E-state index is 11.8. The summed E-state index contributed by atoms with van der Waals surface area (Å²) in [4.78, 5) is 13.7. The largest absolute Gasteiger partial charge is 0.378 e. The van der Waals surface area contributed by atoms with Crippen molar-refractivity contribution in [2.45, 2.75) is 38.8 Å². The van der Waals surface area contributed by atoms with Crippen molar-refractivity contribution in [3.63, 3.8) is 0 Å². The fourth-order valence-corrected chi connectivity index (χ4v) is 1.63. The Kier molecular flexibility index (Phi) is 5.05. The smallest absolute Gasteiger partial charge is 0.224 e. The zero-order valence-electron chi connectivity index (χ0n) is 9.95. The van der Waals surface area contributed by atoms with Crippen LogP contribution in [0.15, 0.2) is 0 Å². The number of rotatable bonds is 4. The van der Waals surface area contributed by atoms with E-state index in [1.54, 1.807) is 0 Å². The van der Waals surface area contributed by atoms with Crippen LogP contribution in [0.1, 0.15) is 26.7 Å². The molecular weight excluding hydrogens is 192 g/mol. The summed E-state index contributed by atoms with van der Waals surface area (Å²) in [5, 5.41) is 3.29. The van der Waals surface area contributed by atoms with Gasteiger partial charge < -0.3 is 15.0 Å². The lowest BCUT2D eigenvalue weighted by molar-refractivity contribution is -0.133. The molecule has 1 fully saturated rings. The highest BCUT2D eigenvalue weighted by Crippen LogP contribution is 2.06. The van der Waals surface area contributed by atoms with Crippen LogP contribution in [-0.2, 0) is 9.53 Å². The minimum absolute atomic E-state index is 0.192. The van der Waals surface area contributed by atoms with Crippen molar-refractivity contribution in [3.8, 4) is 0 Å². The first kappa shape index (κ1) is 12.5. The van der Waals surface area contributed by atoms with E-state index < -0.39 is 0 Å². The van der Waals surface area contributed by atoms with Gasteiger partial charge in [0, 0.05) is 32.1 Å². The molecule has 4 nitrogen and oxygen atoms in total. The number of amides is 1. The molecule has 0 radical (unpaired) electrons. The number of carbonyl (C=O) groups is 1. The molecule has 1 N–H and O–H groups in total. The summed E-state index contributed by atoms with van der Waals surface area (Å²) in [7, 11) is 1.88. The number of hydrogen-bond acceptors (Lipinski definition) is 3. The normalized spacial score (nSPS) is 23.5. The van der Waals surface area contributed by atoms with Gasteiger partial charge in [0.15, 0.2) is 0 Å². The van der Waals surface area contributed by atoms with Gasteiger partial charge >= 0.3 is 0 Å². The molecule has 0 aromatic rings. The second-order valence-electron chi connectivity index (χ2n) is 4.19. The standard InChI is InChI=1S/C11H22N2O2/c1-4-9(2)13(3)11(14)7-10-8-15-6-5-12-10/h9-10,12H,4-8H2,1-3H3. The molecule has 4 heteroatoms. The van der Waals surface area contributed by atoms with Gasteiger partial charge in [0.05, 0.1) is 13.2 Å². The lowest BCUT2D eigenvalue weighted by Crippen LogP contribution is -2.45. The van der Waals surface area contributed by atoms with Crippen molar-refractivity contribution < 1.29 is 9.53 Å². The molecule has 2 unspecified atom stereocenters. The van der Waals surface area contributed by atoms with Crippen molar-refractivity contribution in [1.82, 2.24) is 10.2 Å². The summed E-state index contributed by atoms with van der Waals surface area (Å²) in [5.74, 6) is 0.201. The van der Waals surface area contributed by atoms with Crippen molar-refractivity contribution in [2.75, 3.05) is 26.8 Å². The van der Waals surface area contributed by atoms with Gasteiger partial charge in [0.25, 0.3) is 0 Å². The second-order valence-corrected chi connectivity index (χ2v) is 4.19. The number of nitrogens with zero attached hydrogens (tertiary/aromatic N) is 1. The minimum Gasteiger partial charge on any atom is -0.378 e. The van der Waals surface area contributed by atoms with Gasteiger partial charge in [-0.1, -0.05) is 6.92 Å². The van der Waals surface area contributed by atoms with E-state index in [-0.39, 0.29) is 11.9 Å². The van der Waals surface area contributed by atoms with E-state index in [1.165, 1.54) is 0 Å². The molecule has 1 rings (SSSR count). The monoisotopic (exact) mass is 214 g/mol. The Labute approximate surface area is 92.0 Å². The van der Waals surface area contributed by atoms with Gasteiger partial charge in [-0.2, -0.15) is 0 Å². The molecule has 88 valence electrons. The predicted octanol–water partition coefficient (Wildman–Crippen LogP) is 0.622. The molecule has 0 aromatic heterocycles. The van der Waals surface area contributed by atoms with E-state index in [4.69, 9.17) is 4.74 Å². The third-order valence-corrected chi connectivity index (χ3v) is 3.06. The van der Waals surface area contributed by atoms with Crippen LogP contribution in [0, 0.1) is 0 Å². The molecule has 2 atom stereocenters. The number of ether oxygens (including phenoxy) is 1. The number of hydrogen-bond donors (Lipinski definition) is 1. The third kappa shape index (κ3) is 3.80. The number of carbonyl (C=O) groups excluding carboxylic acids is 1. The first-order valence-corrected chi connectivity index (χ1v) is 5.72. The van der Waals surface area contributed by atoms with Crippen LogP contribution in [0.2, 0.25) is 0 Å². The first-order chi connectivity index (χ1) is 7.15. The third-order valence-electron chi connectivity index (χ3n) is 3.06. The van der Waals surface area contributed by atoms with Gasteiger partial charge in [-0.3, -0.25) is 4.79 Å². The van der Waals surface area contributed by atoms with Crippen molar-refractivity contribution in [3.05, 3.63) is 0 Å². The summed E-state index contributed by atoms with van der Waals surface area (Å²) in [5.41, 5.74) is 0. The Hall–Kier alpha value is -0.610. The van der Waals surface area contributed by atoms with Crippen LogP contribution in [-0.4, -0.2) is 49.7 Å². The van der Waals surface area contributed by atoms with E-state index in [9.17, 15) is 4.79 Å². The summed E-state index contributed by atoms with van der Waals surface area (Å²) >= 11 is 0. The quantitative estimate of drug-likeness (QED) is 0.746. The Bertz CT molecular complexity index is 203. The van der Waals surface area contributed by atoms with Crippen LogP contribution < -0.4 is 5.32 Å². The van der Waals surface area contributed by atoms with E-state index >= 15 is 0 Å². The average molecular weight is 214 g/mol. The Morgan fingerprint density at radius 3 is 2.93 bits per heavy atom. The van der Waals surface area contributed by atoms with Crippen molar-refractivity contribution in [2.24, 2.45) is 0 Å². The molecule has 1 heterocycles. The molecule has 1 saturated heterocycles. The maximum atomic E-state index is 11.8. The summed E-state index contributed by atoms with van der Waals surface area (Å²) < 4.78 is 5.32. The van der Waals surface area contributed by atoms with Gasteiger partial charge in [-0.15, -0.1) is 0 Å². The highest BCUT2D eigenvalue weighted by Gasteiger charge is 2.20. The van der Waals surface area contributed by atoms with E-state index in [1.807, 2.05) is 11.9 Å². The lowest BCUT2D eigenvalue weighted by atomic mass is 10.1. The fraction of sp³-hybridized carbons (Fsp3) is 0.909. The van der Waals surface area contributed by atoms with Crippen LogP contribution >= 0.6 is 0 Å². The zero-order valence-corrected chi connectivity index (χ0v) is 9.95. The molecule has 1 amide bonds. The van der Waals surface area contributed by atoms with Gasteiger partial charge in [-0.25, -0.2) is 0 Å². The highest BCUT2D eigenvalue weighted by molar-refractivity contribution is 5.76. The summed E-state index contributed by atoms with van der Waals surface area (Å²) in [6, 6.07) is 0.514. The molecule has 0 bridgehead atoms. The highest BCUT2D eigenvalue weighted by atomic mass is 16.5. The van der Waals surface area contributed by atoms with Crippen molar-refractivity contribution in [1.29, 1.82) is 0 Å². The Morgan fingerprint density at radius 2 is 2.40 bits per heavy atom. The molecule has 1 aliphatic rings. The molecule has 0 aromatic carbocycles. The SMILES string of the molecule is CCC(C)N(C)C(=O)CC1COCCN1. The number of nitrogens with one attached hydrogen (secondary N) is 1. The van der Waals surface area contributed by atoms with E-state index in [2.05, 4.69) is 19.2 Å².